The van der Waals surface area contributed by atoms with E-state index < -0.39 is 17.4 Å². The van der Waals surface area contributed by atoms with Gasteiger partial charge in [0.1, 0.15) is 6.33 Å². The van der Waals surface area contributed by atoms with Gasteiger partial charge in [0.25, 0.3) is 5.91 Å². The molecule has 0 bridgehead atoms. The number of carboxylic acids is 1. The van der Waals surface area contributed by atoms with Crippen LogP contribution in [0.5, 0.6) is 0 Å². The highest BCUT2D eigenvalue weighted by Crippen LogP contribution is 2.17. The van der Waals surface area contributed by atoms with E-state index in [9.17, 15) is 14.7 Å². The Hall–Kier alpha value is -3.49. The molecular weight excluding hydrogens is 324 g/mol. The first-order chi connectivity index (χ1) is 11.9. The van der Waals surface area contributed by atoms with Crippen molar-refractivity contribution in [2.24, 2.45) is 0 Å². The molecule has 128 valence electrons. The number of anilines is 1. The number of hydrogen-bond acceptors (Lipinski definition) is 5. The van der Waals surface area contributed by atoms with E-state index in [1.807, 2.05) is 30.3 Å². The Morgan fingerprint density at radius 3 is 2.60 bits per heavy atom. The quantitative estimate of drug-likeness (QED) is 0.728. The zero-order valence-corrected chi connectivity index (χ0v) is 13.6. The van der Waals surface area contributed by atoms with E-state index in [0.29, 0.717) is 5.69 Å². The van der Waals surface area contributed by atoms with Crippen LogP contribution < -0.4 is 5.32 Å². The number of carbonyl (C=O) groups excluding carboxylic acids is 1. The Bertz CT molecular complexity index is 913. The highest BCUT2D eigenvalue weighted by atomic mass is 16.4. The monoisotopic (exact) mass is 340 g/mol. The lowest BCUT2D eigenvalue weighted by Crippen LogP contribution is -2.35. The molecule has 0 unspecified atom stereocenters. The summed E-state index contributed by atoms with van der Waals surface area (Å²) >= 11 is 0. The molecular formula is C16H16N6O3. The zero-order valence-electron chi connectivity index (χ0n) is 13.6. The topological polar surface area (TPSA) is 115 Å². The number of nitrogens with one attached hydrogen (secondary N) is 1. The fourth-order valence-corrected chi connectivity index (χ4v) is 2.05. The molecule has 0 radical (unpaired) electrons. The molecule has 0 spiro atoms. The first kappa shape index (κ1) is 16.4. The fourth-order valence-electron chi connectivity index (χ4n) is 2.05. The standard InChI is InChI=1S/C16H16N6O3/c1-16(2,15(24)25)22-9-11(8-18-22)19-14(23)13-17-10-21(20-13)12-6-4-3-5-7-12/h3-10H,1-2H3,(H,19,23)(H,24,25). The Kier molecular flexibility index (Phi) is 4.05. The summed E-state index contributed by atoms with van der Waals surface area (Å²) in [6, 6.07) is 9.28. The van der Waals surface area contributed by atoms with Crippen molar-refractivity contribution >= 4 is 17.6 Å². The molecule has 0 atom stereocenters. The van der Waals surface area contributed by atoms with E-state index in [1.165, 1.54) is 41.9 Å². The highest BCUT2D eigenvalue weighted by Gasteiger charge is 2.30. The maximum atomic E-state index is 12.2. The highest BCUT2D eigenvalue weighted by molar-refractivity contribution is 6.01. The first-order valence-corrected chi connectivity index (χ1v) is 7.45. The van der Waals surface area contributed by atoms with Crippen LogP contribution >= 0.6 is 0 Å². The van der Waals surface area contributed by atoms with Crippen LogP contribution in [-0.4, -0.2) is 41.5 Å². The van der Waals surface area contributed by atoms with Gasteiger partial charge in [-0.15, -0.1) is 5.10 Å². The summed E-state index contributed by atoms with van der Waals surface area (Å²) in [5.74, 6) is -1.55. The second kappa shape index (κ2) is 6.19. The zero-order chi connectivity index (χ0) is 18.0. The van der Waals surface area contributed by atoms with E-state index in [4.69, 9.17) is 0 Å². The number of hydrogen-bond donors (Lipinski definition) is 2. The predicted molar refractivity (Wildman–Crippen MR) is 88.5 cm³/mol. The van der Waals surface area contributed by atoms with Gasteiger partial charge in [-0.1, -0.05) is 18.2 Å². The Balaban J connectivity index is 1.74. The SMILES string of the molecule is CC(C)(C(=O)O)n1cc(NC(=O)c2ncn(-c3ccccc3)n2)cn1. The van der Waals surface area contributed by atoms with Gasteiger partial charge >= 0.3 is 5.97 Å². The van der Waals surface area contributed by atoms with Gasteiger partial charge in [0, 0.05) is 6.20 Å². The summed E-state index contributed by atoms with van der Waals surface area (Å²) in [6.45, 7) is 3.02. The second-order valence-electron chi connectivity index (χ2n) is 5.84. The molecule has 0 saturated heterocycles. The molecule has 2 heterocycles. The summed E-state index contributed by atoms with van der Waals surface area (Å²) in [7, 11) is 0. The van der Waals surface area contributed by atoms with Gasteiger partial charge in [0.2, 0.25) is 5.82 Å². The van der Waals surface area contributed by atoms with Crippen LogP contribution in [-0.2, 0) is 10.3 Å². The lowest BCUT2D eigenvalue weighted by atomic mass is 10.1. The molecule has 0 aliphatic rings. The molecule has 0 aliphatic heterocycles. The Morgan fingerprint density at radius 1 is 1.20 bits per heavy atom. The fraction of sp³-hybridized carbons (Fsp3) is 0.188. The lowest BCUT2D eigenvalue weighted by Gasteiger charge is -2.19. The van der Waals surface area contributed by atoms with E-state index in [0.717, 1.165) is 5.69 Å². The summed E-state index contributed by atoms with van der Waals surface area (Å²) in [4.78, 5) is 27.5. The Morgan fingerprint density at radius 2 is 1.92 bits per heavy atom. The van der Waals surface area contributed by atoms with Crippen LogP contribution in [0.3, 0.4) is 0 Å². The summed E-state index contributed by atoms with van der Waals surface area (Å²) < 4.78 is 2.76. The minimum Gasteiger partial charge on any atom is -0.479 e. The molecule has 9 nitrogen and oxygen atoms in total. The second-order valence-corrected chi connectivity index (χ2v) is 5.84. The lowest BCUT2D eigenvalue weighted by molar-refractivity contribution is -0.146. The largest absolute Gasteiger partial charge is 0.479 e. The van der Waals surface area contributed by atoms with Crippen molar-refractivity contribution in [3.63, 3.8) is 0 Å². The molecule has 2 N–H and O–H groups in total. The van der Waals surface area contributed by atoms with Crippen molar-refractivity contribution in [3.8, 4) is 5.69 Å². The molecule has 0 aliphatic carbocycles. The van der Waals surface area contributed by atoms with Crippen LogP contribution in [0.15, 0.2) is 49.1 Å². The molecule has 2 aromatic heterocycles. The average Bonchev–Trinajstić information content (AvgIpc) is 3.25. The van der Waals surface area contributed by atoms with Gasteiger partial charge in [-0.2, -0.15) is 5.10 Å². The van der Waals surface area contributed by atoms with Gasteiger partial charge in [-0.25, -0.2) is 14.5 Å². The number of amides is 1. The third-order valence-corrected chi connectivity index (χ3v) is 3.65. The molecule has 1 amide bonds. The van der Waals surface area contributed by atoms with Gasteiger partial charge < -0.3 is 10.4 Å². The number of rotatable bonds is 5. The van der Waals surface area contributed by atoms with E-state index >= 15 is 0 Å². The van der Waals surface area contributed by atoms with E-state index in [-0.39, 0.29) is 5.82 Å². The van der Waals surface area contributed by atoms with Gasteiger partial charge in [-0.05, 0) is 26.0 Å². The number of carbonyl (C=O) groups is 2. The van der Waals surface area contributed by atoms with Crippen LogP contribution in [0.1, 0.15) is 24.5 Å². The summed E-state index contributed by atoms with van der Waals surface area (Å²) in [5.41, 5.74) is -0.0868. The van der Waals surface area contributed by atoms with E-state index in [2.05, 4.69) is 20.5 Å². The number of aromatic nitrogens is 5. The normalized spacial score (nSPS) is 11.3. The smallest absolute Gasteiger partial charge is 0.331 e. The summed E-state index contributed by atoms with van der Waals surface area (Å²) in [6.07, 6.45) is 4.26. The number of nitrogens with zero attached hydrogens (tertiary/aromatic N) is 5. The van der Waals surface area contributed by atoms with E-state index in [1.54, 1.807) is 0 Å². The molecule has 1 aromatic carbocycles. The minimum atomic E-state index is -1.23. The van der Waals surface area contributed by atoms with Crippen molar-refractivity contribution in [1.29, 1.82) is 0 Å². The van der Waals surface area contributed by atoms with Crippen molar-refractivity contribution < 1.29 is 14.7 Å². The van der Waals surface area contributed by atoms with Crippen molar-refractivity contribution in [2.75, 3.05) is 5.32 Å². The summed E-state index contributed by atoms with van der Waals surface area (Å²) in [5, 5.41) is 19.9. The molecule has 9 heteroatoms. The third kappa shape index (κ3) is 3.25. The number of aliphatic carboxylic acids is 1. The number of carboxylic acid groups (broad SMARTS) is 1. The first-order valence-electron chi connectivity index (χ1n) is 7.45. The number of benzene rings is 1. The van der Waals surface area contributed by atoms with Gasteiger partial charge in [0.05, 0.1) is 17.6 Å². The van der Waals surface area contributed by atoms with Crippen LogP contribution in [0.4, 0.5) is 5.69 Å². The van der Waals surface area contributed by atoms with Crippen LogP contribution in [0, 0.1) is 0 Å². The number of para-hydroxylation sites is 1. The minimum absolute atomic E-state index is 0.00546. The van der Waals surface area contributed by atoms with Crippen molar-refractivity contribution in [2.45, 2.75) is 19.4 Å². The Labute approximate surface area is 142 Å². The predicted octanol–water partition coefficient (Wildman–Crippen LogP) is 1.54. The maximum absolute atomic E-state index is 12.2. The van der Waals surface area contributed by atoms with Gasteiger partial charge in [0.15, 0.2) is 5.54 Å². The van der Waals surface area contributed by atoms with Crippen molar-refractivity contribution in [1.82, 2.24) is 24.5 Å². The third-order valence-electron chi connectivity index (χ3n) is 3.65. The molecule has 0 saturated carbocycles. The molecule has 25 heavy (non-hydrogen) atoms. The van der Waals surface area contributed by atoms with Crippen molar-refractivity contribution in [3.05, 3.63) is 54.9 Å². The molecule has 3 aromatic rings. The molecule has 3 rings (SSSR count). The maximum Gasteiger partial charge on any atom is 0.331 e. The average molecular weight is 340 g/mol. The van der Waals surface area contributed by atoms with Gasteiger partial charge in [-0.3, -0.25) is 9.48 Å². The van der Waals surface area contributed by atoms with Crippen LogP contribution in [0.25, 0.3) is 5.69 Å². The van der Waals surface area contributed by atoms with Crippen LogP contribution in [0.2, 0.25) is 0 Å². The molecule has 0 fully saturated rings.